The van der Waals surface area contributed by atoms with Gasteiger partial charge in [0.05, 0.1) is 12.4 Å². The molecule has 3 aromatic heterocycles. The van der Waals surface area contributed by atoms with Crippen molar-refractivity contribution in [1.29, 1.82) is 0 Å². The second-order valence-corrected chi connectivity index (χ2v) is 5.62. The Kier molecular flexibility index (Phi) is 3.99. The highest BCUT2D eigenvalue weighted by Crippen LogP contribution is 2.21. The first-order chi connectivity index (χ1) is 12.8. The lowest BCUT2D eigenvalue weighted by Gasteiger charge is -2.07. The summed E-state index contributed by atoms with van der Waals surface area (Å²) in [5, 5.41) is 12.4. The Hall–Kier alpha value is -3.80. The van der Waals surface area contributed by atoms with Crippen LogP contribution >= 0.6 is 0 Å². The molecule has 0 atom stereocenters. The molecule has 1 aromatic carbocycles. The zero-order chi connectivity index (χ0) is 17.9. The normalized spacial score (nSPS) is 10.6. The van der Waals surface area contributed by atoms with Crippen LogP contribution in [0.25, 0.3) is 22.6 Å². The van der Waals surface area contributed by atoms with Crippen LogP contribution in [0.4, 0.5) is 0 Å². The fourth-order valence-electron chi connectivity index (χ4n) is 2.83. The molecule has 0 N–H and O–H groups in total. The molecule has 0 fully saturated rings. The number of carbonyl (C=O) groups excluding carboxylic acids is 1. The van der Waals surface area contributed by atoms with E-state index in [-0.39, 0.29) is 5.69 Å². The molecule has 126 valence electrons. The molecule has 6 nitrogen and oxygen atoms in total. The minimum atomic E-state index is -0.487. The summed E-state index contributed by atoms with van der Waals surface area (Å²) in [6, 6.07) is 16.1. The zero-order valence-corrected chi connectivity index (χ0v) is 13.7. The summed E-state index contributed by atoms with van der Waals surface area (Å²) in [4.78, 5) is 19.7. The first-order valence-electron chi connectivity index (χ1n) is 8.00. The summed E-state index contributed by atoms with van der Waals surface area (Å²) < 4.78 is 2.97. The number of nitrogens with zero attached hydrogens (tertiary/aromatic N) is 4. The lowest BCUT2D eigenvalue weighted by atomic mass is 10.1. The monoisotopic (exact) mass is 342 g/mol. The molecular weight excluding hydrogens is 328 g/mol. The van der Waals surface area contributed by atoms with Crippen molar-refractivity contribution in [1.82, 2.24) is 14.5 Å². The van der Waals surface area contributed by atoms with Crippen LogP contribution in [0, 0.1) is 0 Å². The zero-order valence-electron chi connectivity index (χ0n) is 13.7. The van der Waals surface area contributed by atoms with Gasteiger partial charge in [-0.1, -0.05) is 18.2 Å². The van der Waals surface area contributed by atoms with E-state index >= 15 is 0 Å². The average Bonchev–Trinajstić information content (AvgIpc) is 3.05. The summed E-state index contributed by atoms with van der Waals surface area (Å²) in [7, 11) is 0. The van der Waals surface area contributed by atoms with Crippen molar-refractivity contribution in [3.8, 4) is 28.6 Å². The van der Waals surface area contributed by atoms with Gasteiger partial charge in [-0.3, -0.25) is 14.3 Å². The summed E-state index contributed by atoms with van der Waals surface area (Å²) in [5.41, 5.74) is 2.85. The third kappa shape index (κ3) is 2.73. The van der Waals surface area contributed by atoms with E-state index in [1.165, 1.54) is 4.57 Å². The molecule has 0 radical (unpaired) electrons. The molecular formula is C20H14N4O2. The van der Waals surface area contributed by atoms with Gasteiger partial charge in [0.2, 0.25) is 0 Å². The number of rotatable bonds is 4. The number of hydrogen-bond acceptors (Lipinski definition) is 4. The standard InChI is InChI=1S/C20H14N4O2/c25-14-18-19(22-20(26)24(18)17-4-2-1-3-5-17)23-12-8-16(9-13-23)15-6-10-21-11-7-15/h1-14H. The topological polar surface area (TPSA) is 74.7 Å². The van der Waals surface area contributed by atoms with Gasteiger partial charge in [-0.05, 0) is 52.5 Å². The Morgan fingerprint density at radius 3 is 2.23 bits per heavy atom. The van der Waals surface area contributed by atoms with E-state index in [0.717, 1.165) is 11.1 Å². The molecule has 6 heteroatoms. The molecule has 0 amide bonds. The van der Waals surface area contributed by atoms with Crippen molar-refractivity contribution >= 4 is 6.29 Å². The number of hydrogen-bond donors (Lipinski definition) is 0. The predicted octanol–water partition coefficient (Wildman–Crippen LogP) is 2.10. The lowest BCUT2D eigenvalue weighted by molar-refractivity contribution is -0.599. The predicted molar refractivity (Wildman–Crippen MR) is 93.2 cm³/mol. The van der Waals surface area contributed by atoms with E-state index < -0.39 is 6.01 Å². The van der Waals surface area contributed by atoms with E-state index in [1.54, 1.807) is 53.6 Å². The van der Waals surface area contributed by atoms with Crippen LogP contribution in [-0.4, -0.2) is 20.8 Å². The van der Waals surface area contributed by atoms with Gasteiger partial charge in [-0.15, -0.1) is 0 Å². The smallest absolute Gasteiger partial charge is 0.356 e. The fraction of sp³-hybridized carbons (Fsp3) is 0. The molecule has 0 unspecified atom stereocenters. The average molecular weight is 342 g/mol. The molecule has 0 aliphatic carbocycles. The minimum absolute atomic E-state index is 0.211. The van der Waals surface area contributed by atoms with Crippen LogP contribution < -0.4 is 9.67 Å². The number of aldehydes is 1. The third-order valence-corrected chi connectivity index (χ3v) is 4.08. The Morgan fingerprint density at radius 1 is 0.923 bits per heavy atom. The Balaban J connectivity index is 1.78. The molecule has 4 rings (SSSR count). The van der Waals surface area contributed by atoms with Crippen LogP contribution in [0.3, 0.4) is 0 Å². The maximum Gasteiger partial charge on any atom is 0.356 e. The quantitative estimate of drug-likeness (QED) is 0.420. The van der Waals surface area contributed by atoms with Crippen molar-refractivity contribution in [3.05, 3.63) is 85.1 Å². The van der Waals surface area contributed by atoms with Crippen molar-refractivity contribution in [2.45, 2.75) is 0 Å². The van der Waals surface area contributed by atoms with Crippen LogP contribution in [0.15, 0.2) is 79.4 Å². The molecule has 0 saturated heterocycles. The van der Waals surface area contributed by atoms with E-state index in [0.29, 0.717) is 17.8 Å². The second kappa shape index (κ2) is 6.60. The minimum Gasteiger partial charge on any atom is -0.825 e. The number of para-hydroxylation sites is 1. The number of imidazole rings is 1. The lowest BCUT2D eigenvalue weighted by Crippen LogP contribution is -2.31. The highest BCUT2D eigenvalue weighted by Gasteiger charge is 2.23. The van der Waals surface area contributed by atoms with Gasteiger partial charge in [0.1, 0.15) is 0 Å². The van der Waals surface area contributed by atoms with E-state index in [1.807, 2.05) is 30.3 Å². The summed E-state index contributed by atoms with van der Waals surface area (Å²) in [5.74, 6) is 0.301. The SMILES string of the molecule is O=Cc1c(-[n+]2ccc(-c3ccncc3)cc2)nc([O-])n1-c1ccccc1. The van der Waals surface area contributed by atoms with Gasteiger partial charge in [0.25, 0.3) is 0 Å². The van der Waals surface area contributed by atoms with E-state index in [2.05, 4.69) is 9.97 Å². The number of pyridine rings is 2. The molecule has 26 heavy (non-hydrogen) atoms. The van der Waals surface area contributed by atoms with Crippen molar-refractivity contribution in [2.24, 2.45) is 0 Å². The van der Waals surface area contributed by atoms with Crippen molar-refractivity contribution in [2.75, 3.05) is 0 Å². The van der Waals surface area contributed by atoms with Gasteiger partial charge in [-0.25, -0.2) is 4.57 Å². The summed E-state index contributed by atoms with van der Waals surface area (Å²) in [6.07, 6.45) is 7.67. The summed E-state index contributed by atoms with van der Waals surface area (Å²) >= 11 is 0. The number of aromatic nitrogens is 4. The highest BCUT2D eigenvalue weighted by molar-refractivity contribution is 5.78. The third-order valence-electron chi connectivity index (χ3n) is 4.08. The van der Waals surface area contributed by atoms with E-state index in [4.69, 9.17) is 0 Å². The van der Waals surface area contributed by atoms with Gasteiger partial charge in [0.15, 0.2) is 18.0 Å². The van der Waals surface area contributed by atoms with Crippen LogP contribution in [0.1, 0.15) is 10.5 Å². The van der Waals surface area contributed by atoms with Gasteiger partial charge >= 0.3 is 5.82 Å². The van der Waals surface area contributed by atoms with Gasteiger partial charge < -0.3 is 5.11 Å². The van der Waals surface area contributed by atoms with Crippen molar-refractivity contribution in [3.63, 3.8) is 0 Å². The molecule has 0 spiro atoms. The summed E-state index contributed by atoms with van der Waals surface area (Å²) in [6.45, 7) is 0. The maximum atomic E-state index is 12.4. The Bertz CT molecular complexity index is 1040. The molecule has 0 aliphatic heterocycles. The molecule has 3 heterocycles. The second-order valence-electron chi connectivity index (χ2n) is 5.62. The fourth-order valence-corrected chi connectivity index (χ4v) is 2.83. The van der Waals surface area contributed by atoms with Gasteiger partial charge in [-0.2, -0.15) is 0 Å². The first kappa shape index (κ1) is 15.7. The van der Waals surface area contributed by atoms with Crippen molar-refractivity contribution < 1.29 is 14.5 Å². The maximum absolute atomic E-state index is 12.4. The highest BCUT2D eigenvalue weighted by atomic mass is 16.3. The van der Waals surface area contributed by atoms with Gasteiger partial charge in [0, 0.05) is 18.1 Å². The number of carbonyl (C=O) groups is 1. The molecule has 4 aromatic rings. The largest absolute Gasteiger partial charge is 0.825 e. The Morgan fingerprint density at radius 2 is 1.58 bits per heavy atom. The first-order valence-corrected chi connectivity index (χ1v) is 8.00. The Labute approximate surface area is 149 Å². The van der Waals surface area contributed by atoms with Crippen LogP contribution in [-0.2, 0) is 0 Å². The number of benzene rings is 1. The molecule has 0 saturated carbocycles. The van der Waals surface area contributed by atoms with Crippen LogP contribution in [0.5, 0.6) is 6.01 Å². The molecule has 0 aliphatic rings. The van der Waals surface area contributed by atoms with E-state index in [9.17, 15) is 9.90 Å². The van der Waals surface area contributed by atoms with Crippen LogP contribution in [0.2, 0.25) is 0 Å². The molecule has 0 bridgehead atoms.